The minimum Gasteiger partial charge on any atom is -0.375 e. The Labute approximate surface area is 110 Å². The molecule has 0 saturated carbocycles. The average Bonchev–Trinajstić information content (AvgIpc) is 3.01. The van der Waals surface area contributed by atoms with Crippen LogP contribution in [0.4, 0.5) is 0 Å². The van der Waals surface area contributed by atoms with Crippen LogP contribution in [0.25, 0.3) is 10.7 Å². The lowest BCUT2D eigenvalue weighted by molar-refractivity contribution is 0.0296. The predicted octanol–water partition coefficient (Wildman–Crippen LogP) is 1.98. The first-order valence-electron chi connectivity index (χ1n) is 6.25. The van der Waals surface area contributed by atoms with Crippen molar-refractivity contribution in [2.24, 2.45) is 0 Å². The van der Waals surface area contributed by atoms with Gasteiger partial charge in [0.1, 0.15) is 5.01 Å². The number of hydrogen-bond acceptors (Lipinski definition) is 4. The van der Waals surface area contributed by atoms with Crippen LogP contribution in [-0.4, -0.2) is 35.8 Å². The molecule has 4 nitrogen and oxygen atoms in total. The quantitative estimate of drug-likeness (QED) is 0.890. The van der Waals surface area contributed by atoms with Crippen molar-refractivity contribution in [1.82, 2.24) is 15.3 Å². The fourth-order valence-electron chi connectivity index (χ4n) is 2.15. The molecular formula is C13H17N3OS. The summed E-state index contributed by atoms with van der Waals surface area (Å²) in [5.41, 5.74) is 2.22. The van der Waals surface area contributed by atoms with E-state index in [1.54, 1.807) is 11.3 Å². The topological polar surface area (TPSA) is 49.9 Å². The molecule has 0 aromatic carbocycles. The van der Waals surface area contributed by atoms with E-state index in [9.17, 15) is 0 Å². The second-order valence-corrected chi connectivity index (χ2v) is 5.60. The van der Waals surface area contributed by atoms with Crippen LogP contribution in [0.1, 0.15) is 10.6 Å². The van der Waals surface area contributed by atoms with Gasteiger partial charge in [0.05, 0.1) is 24.1 Å². The third kappa shape index (κ3) is 2.48. The SMILES string of the molecule is Cc1nc(-c2ccc[nH]2)sc1CC1CNCCO1. The molecule has 0 spiro atoms. The molecule has 0 amide bonds. The number of rotatable bonds is 3. The summed E-state index contributed by atoms with van der Waals surface area (Å²) in [7, 11) is 0. The van der Waals surface area contributed by atoms with Crippen molar-refractivity contribution in [3.63, 3.8) is 0 Å². The highest BCUT2D eigenvalue weighted by Crippen LogP contribution is 2.28. The van der Waals surface area contributed by atoms with Crippen molar-refractivity contribution in [2.75, 3.05) is 19.7 Å². The predicted molar refractivity (Wildman–Crippen MR) is 73.0 cm³/mol. The van der Waals surface area contributed by atoms with Gasteiger partial charge in [-0.3, -0.25) is 0 Å². The molecule has 1 unspecified atom stereocenters. The van der Waals surface area contributed by atoms with Crippen LogP contribution in [0.2, 0.25) is 0 Å². The molecule has 3 rings (SSSR count). The summed E-state index contributed by atoms with van der Waals surface area (Å²) < 4.78 is 5.75. The zero-order valence-electron chi connectivity index (χ0n) is 10.4. The molecule has 0 aliphatic carbocycles. The molecule has 18 heavy (non-hydrogen) atoms. The summed E-state index contributed by atoms with van der Waals surface area (Å²) >= 11 is 1.76. The van der Waals surface area contributed by atoms with E-state index in [0.717, 1.165) is 42.5 Å². The smallest absolute Gasteiger partial charge is 0.140 e. The van der Waals surface area contributed by atoms with E-state index in [4.69, 9.17) is 4.74 Å². The molecule has 5 heteroatoms. The molecule has 1 aliphatic rings. The number of H-pyrrole nitrogens is 1. The monoisotopic (exact) mass is 263 g/mol. The van der Waals surface area contributed by atoms with Gasteiger partial charge in [-0.2, -0.15) is 0 Å². The fourth-order valence-corrected chi connectivity index (χ4v) is 3.27. The molecular weight excluding hydrogens is 246 g/mol. The second-order valence-electron chi connectivity index (χ2n) is 4.51. The number of thiazole rings is 1. The number of nitrogens with zero attached hydrogens (tertiary/aromatic N) is 1. The molecule has 2 N–H and O–H groups in total. The van der Waals surface area contributed by atoms with Crippen molar-refractivity contribution in [2.45, 2.75) is 19.4 Å². The summed E-state index contributed by atoms with van der Waals surface area (Å²) in [5.74, 6) is 0. The maximum absolute atomic E-state index is 5.75. The molecule has 3 heterocycles. The van der Waals surface area contributed by atoms with Gasteiger partial charge in [0.25, 0.3) is 0 Å². The molecule has 2 aromatic rings. The number of morpholine rings is 1. The summed E-state index contributed by atoms with van der Waals surface area (Å²) in [6, 6.07) is 4.06. The van der Waals surface area contributed by atoms with E-state index >= 15 is 0 Å². The number of aromatic amines is 1. The van der Waals surface area contributed by atoms with Crippen LogP contribution >= 0.6 is 11.3 Å². The Morgan fingerprint density at radius 2 is 2.50 bits per heavy atom. The van der Waals surface area contributed by atoms with Crippen molar-refractivity contribution in [3.8, 4) is 10.7 Å². The van der Waals surface area contributed by atoms with Crippen LogP contribution in [0, 0.1) is 6.92 Å². The Bertz CT molecular complexity index is 500. The lowest BCUT2D eigenvalue weighted by atomic mass is 10.2. The van der Waals surface area contributed by atoms with E-state index in [1.165, 1.54) is 4.88 Å². The van der Waals surface area contributed by atoms with E-state index in [0.29, 0.717) is 0 Å². The minimum atomic E-state index is 0.286. The maximum atomic E-state index is 5.75. The Kier molecular flexibility index (Phi) is 3.45. The molecule has 96 valence electrons. The van der Waals surface area contributed by atoms with Crippen LogP contribution in [0.15, 0.2) is 18.3 Å². The van der Waals surface area contributed by atoms with Gasteiger partial charge >= 0.3 is 0 Å². The van der Waals surface area contributed by atoms with Gasteiger partial charge in [0, 0.05) is 30.6 Å². The number of aromatic nitrogens is 2. The lowest BCUT2D eigenvalue weighted by Crippen LogP contribution is -2.39. The van der Waals surface area contributed by atoms with E-state index in [-0.39, 0.29) is 6.10 Å². The van der Waals surface area contributed by atoms with Crippen LogP contribution in [0.5, 0.6) is 0 Å². The van der Waals surface area contributed by atoms with Gasteiger partial charge in [0.15, 0.2) is 0 Å². The highest BCUT2D eigenvalue weighted by Gasteiger charge is 2.18. The summed E-state index contributed by atoms with van der Waals surface area (Å²) in [6.07, 6.45) is 3.17. The second kappa shape index (κ2) is 5.22. The normalized spacial score (nSPS) is 20.2. The number of hydrogen-bond donors (Lipinski definition) is 2. The Hall–Kier alpha value is -1.17. The molecule has 0 radical (unpaired) electrons. The lowest BCUT2D eigenvalue weighted by Gasteiger charge is -2.23. The van der Waals surface area contributed by atoms with Crippen molar-refractivity contribution in [3.05, 3.63) is 28.9 Å². The Morgan fingerprint density at radius 3 is 3.22 bits per heavy atom. The Balaban J connectivity index is 1.76. The molecule has 2 aromatic heterocycles. The number of nitrogens with one attached hydrogen (secondary N) is 2. The summed E-state index contributed by atoms with van der Waals surface area (Å²) in [4.78, 5) is 9.16. The third-order valence-electron chi connectivity index (χ3n) is 3.14. The van der Waals surface area contributed by atoms with Gasteiger partial charge in [-0.05, 0) is 19.1 Å². The standard InChI is InChI=1S/C13H17N3OS/c1-9-12(7-10-8-14-5-6-17-10)18-13(16-9)11-3-2-4-15-11/h2-4,10,14-15H,5-8H2,1H3. The zero-order valence-corrected chi connectivity index (χ0v) is 11.2. The van der Waals surface area contributed by atoms with Crippen LogP contribution in [-0.2, 0) is 11.2 Å². The first kappa shape index (κ1) is 11.9. The number of ether oxygens (including phenoxy) is 1. The van der Waals surface area contributed by atoms with Crippen LogP contribution in [0.3, 0.4) is 0 Å². The molecule has 1 atom stereocenters. The van der Waals surface area contributed by atoms with Gasteiger partial charge < -0.3 is 15.0 Å². The minimum absolute atomic E-state index is 0.286. The third-order valence-corrected chi connectivity index (χ3v) is 4.35. The number of aryl methyl sites for hydroxylation is 1. The van der Waals surface area contributed by atoms with Crippen molar-refractivity contribution >= 4 is 11.3 Å². The van der Waals surface area contributed by atoms with E-state index in [1.807, 2.05) is 12.3 Å². The van der Waals surface area contributed by atoms with Gasteiger partial charge in [0.2, 0.25) is 0 Å². The summed E-state index contributed by atoms with van der Waals surface area (Å²) in [5, 5.41) is 4.43. The Morgan fingerprint density at radius 1 is 1.56 bits per heavy atom. The highest BCUT2D eigenvalue weighted by molar-refractivity contribution is 7.15. The van der Waals surface area contributed by atoms with E-state index in [2.05, 4.69) is 28.3 Å². The molecule has 0 bridgehead atoms. The molecule has 1 aliphatic heterocycles. The maximum Gasteiger partial charge on any atom is 0.140 e. The van der Waals surface area contributed by atoms with Gasteiger partial charge in [-0.15, -0.1) is 11.3 Å². The molecule has 1 fully saturated rings. The van der Waals surface area contributed by atoms with Crippen molar-refractivity contribution < 1.29 is 4.74 Å². The van der Waals surface area contributed by atoms with Gasteiger partial charge in [-0.1, -0.05) is 0 Å². The highest BCUT2D eigenvalue weighted by atomic mass is 32.1. The van der Waals surface area contributed by atoms with Crippen LogP contribution < -0.4 is 5.32 Å². The molecule has 1 saturated heterocycles. The first-order chi connectivity index (χ1) is 8.83. The zero-order chi connectivity index (χ0) is 12.4. The van der Waals surface area contributed by atoms with Crippen molar-refractivity contribution in [1.29, 1.82) is 0 Å². The largest absolute Gasteiger partial charge is 0.375 e. The van der Waals surface area contributed by atoms with Gasteiger partial charge in [-0.25, -0.2) is 4.98 Å². The first-order valence-corrected chi connectivity index (χ1v) is 7.07. The van der Waals surface area contributed by atoms with E-state index < -0.39 is 0 Å². The fraction of sp³-hybridized carbons (Fsp3) is 0.462. The average molecular weight is 263 g/mol. The summed E-state index contributed by atoms with van der Waals surface area (Å²) in [6.45, 7) is 4.79.